The minimum atomic E-state index is -0.626. The van der Waals surface area contributed by atoms with Gasteiger partial charge in [-0.2, -0.15) is 0 Å². The molecule has 0 radical (unpaired) electrons. The second-order valence-corrected chi connectivity index (χ2v) is 5.64. The van der Waals surface area contributed by atoms with E-state index >= 15 is 0 Å². The van der Waals surface area contributed by atoms with E-state index in [4.69, 9.17) is 4.74 Å². The molecule has 1 heterocycles. The van der Waals surface area contributed by atoms with E-state index < -0.39 is 18.5 Å². The Balaban J connectivity index is 1.54. The smallest absolute Gasteiger partial charge is 0.338 e. The van der Waals surface area contributed by atoms with Crippen LogP contribution < -0.4 is 10.6 Å². The van der Waals surface area contributed by atoms with E-state index in [0.717, 1.165) is 0 Å². The van der Waals surface area contributed by atoms with Gasteiger partial charge in [0, 0.05) is 30.7 Å². The molecule has 2 aromatic carbocycles. The summed E-state index contributed by atoms with van der Waals surface area (Å²) in [6.45, 7) is 0.983. The fourth-order valence-corrected chi connectivity index (χ4v) is 2.34. The van der Waals surface area contributed by atoms with E-state index in [1.165, 1.54) is 13.1 Å². The number of hydrogen-bond acceptors (Lipinski definition) is 6. The molecule has 0 atom stereocenters. The first-order valence-corrected chi connectivity index (χ1v) is 8.07. The Morgan fingerprint density at radius 2 is 1.52 bits per heavy atom. The van der Waals surface area contributed by atoms with Crippen molar-refractivity contribution in [3.05, 3.63) is 60.4 Å². The van der Waals surface area contributed by atoms with Gasteiger partial charge in [-0.25, -0.2) is 4.79 Å². The van der Waals surface area contributed by atoms with Crippen LogP contribution in [0.3, 0.4) is 0 Å². The van der Waals surface area contributed by atoms with Crippen molar-refractivity contribution < 1.29 is 19.1 Å². The average molecular weight is 364 g/mol. The van der Waals surface area contributed by atoms with Crippen LogP contribution in [0.15, 0.2) is 54.9 Å². The molecule has 8 heteroatoms. The lowest BCUT2D eigenvalue weighted by molar-refractivity contribution is -0.119. The van der Waals surface area contributed by atoms with Crippen LogP contribution in [0.2, 0.25) is 0 Å². The van der Waals surface area contributed by atoms with Gasteiger partial charge < -0.3 is 15.4 Å². The number of rotatable bonds is 5. The molecule has 0 fully saturated rings. The van der Waals surface area contributed by atoms with Gasteiger partial charge in [-0.3, -0.25) is 19.6 Å². The van der Waals surface area contributed by atoms with E-state index in [9.17, 15) is 14.4 Å². The van der Waals surface area contributed by atoms with E-state index in [1.54, 1.807) is 48.7 Å². The predicted molar refractivity (Wildman–Crippen MR) is 99.2 cm³/mol. The SMILES string of the molecule is CC(=O)Nc1ccc(NC(=O)COC(=O)c2ccc3nccnc3c2)cc1. The van der Waals surface area contributed by atoms with E-state index in [1.807, 2.05) is 0 Å². The Hall–Kier alpha value is -3.81. The lowest BCUT2D eigenvalue weighted by Gasteiger charge is -2.08. The first kappa shape index (κ1) is 18.0. The van der Waals surface area contributed by atoms with Crippen LogP contribution in [0.4, 0.5) is 11.4 Å². The number of fused-ring (bicyclic) bond motifs is 1. The number of carbonyl (C=O) groups excluding carboxylic acids is 3. The molecular formula is C19H16N4O4. The van der Waals surface area contributed by atoms with E-state index in [0.29, 0.717) is 22.4 Å². The largest absolute Gasteiger partial charge is 0.452 e. The molecular weight excluding hydrogens is 348 g/mol. The summed E-state index contributed by atoms with van der Waals surface area (Å²) < 4.78 is 5.03. The predicted octanol–water partition coefficient (Wildman–Crippen LogP) is 2.38. The molecule has 0 aliphatic rings. The van der Waals surface area contributed by atoms with Crippen LogP contribution in [0.25, 0.3) is 11.0 Å². The van der Waals surface area contributed by atoms with Gasteiger partial charge in [-0.15, -0.1) is 0 Å². The zero-order valence-corrected chi connectivity index (χ0v) is 14.4. The summed E-state index contributed by atoms with van der Waals surface area (Å²) in [5.74, 6) is -1.28. The van der Waals surface area contributed by atoms with E-state index in [-0.39, 0.29) is 11.5 Å². The molecule has 0 saturated carbocycles. The monoisotopic (exact) mass is 364 g/mol. The molecule has 2 N–H and O–H groups in total. The van der Waals surface area contributed by atoms with Crippen molar-refractivity contribution in [2.75, 3.05) is 17.2 Å². The molecule has 0 saturated heterocycles. The molecule has 0 unspecified atom stereocenters. The highest BCUT2D eigenvalue weighted by molar-refractivity contribution is 5.97. The molecule has 8 nitrogen and oxygen atoms in total. The van der Waals surface area contributed by atoms with Gasteiger partial charge in [0.1, 0.15) is 0 Å². The third-order valence-corrected chi connectivity index (χ3v) is 3.53. The second-order valence-electron chi connectivity index (χ2n) is 5.64. The zero-order chi connectivity index (χ0) is 19.2. The highest BCUT2D eigenvalue weighted by atomic mass is 16.5. The highest BCUT2D eigenvalue weighted by Gasteiger charge is 2.11. The van der Waals surface area contributed by atoms with Crippen LogP contribution in [0.5, 0.6) is 0 Å². The maximum Gasteiger partial charge on any atom is 0.338 e. The maximum absolute atomic E-state index is 12.1. The summed E-state index contributed by atoms with van der Waals surface area (Å²) in [6.07, 6.45) is 3.09. The summed E-state index contributed by atoms with van der Waals surface area (Å²) in [4.78, 5) is 43.3. The summed E-state index contributed by atoms with van der Waals surface area (Å²) in [6, 6.07) is 11.4. The van der Waals surface area contributed by atoms with Gasteiger partial charge >= 0.3 is 5.97 Å². The van der Waals surface area contributed by atoms with Crippen molar-refractivity contribution in [3.63, 3.8) is 0 Å². The number of anilines is 2. The Morgan fingerprint density at radius 3 is 2.19 bits per heavy atom. The first-order chi connectivity index (χ1) is 13.0. The molecule has 0 spiro atoms. The zero-order valence-electron chi connectivity index (χ0n) is 14.4. The van der Waals surface area contributed by atoms with Crippen LogP contribution >= 0.6 is 0 Å². The summed E-state index contributed by atoms with van der Waals surface area (Å²) >= 11 is 0. The van der Waals surface area contributed by atoms with Gasteiger partial charge in [0.05, 0.1) is 16.6 Å². The summed E-state index contributed by atoms with van der Waals surface area (Å²) in [5.41, 5.74) is 2.65. The fraction of sp³-hybridized carbons (Fsp3) is 0.105. The first-order valence-electron chi connectivity index (χ1n) is 8.07. The lowest BCUT2D eigenvalue weighted by atomic mass is 10.2. The molecule has 2 amide bonds. The van der Waals surface area contributed by atoms with Crippen molar-refractivity contribution in [1.29, 1.82) is 0 Å². The maximum atomic E-state index is 12.1. The summed E-state index contributed by atoms with van der Waals surface area (Å²) in [5, 5.41) is 5.23. The quantitative estimate of drug-likeness (QED) is 0.673. The molecule has 0 aliphatic heterocycles. The topological polar surface area (TPSA) is 110 Å². The molecule has 0 aliphatic carbocycles. The number of hydrogen-bond donors (Lipinski definition) is 2. The third kappa shape index (κ3) is 4.85. The Morgan fingerprint density at radius 1 is 0.889 bits per heavy atom. The molecule has 3 rings (SSSR count). The number of benzene rings is 2. The number of esters is 1. The molecule has 136 valence electrons. The minimum absolute atomic E-state index is 0.182. The van der Waals surface area contributed by atoms with Crippen LogP contribution in [-0.4, -0.2) is 34.4 Å². The molecule has 3 aromatic rings. The van der Waals surface area contributed by atoms with Crippen LogP contribution in [-0.2, 0) is 14.3 Å². The number of amides is 2. The van der Waals surface area contributed by atoms with Gasteiger partial charge in [0.2, 0.25) is 5.91 Å². The Labute approximate surface area is 154 Å². The molecule has 0 bridgehead atoms. The van der Waals surface area contributed by atoms with Gasteiger partial charge in [-0.1, -0.05) is 0 Å². The van der Waals surface area contributed by atoms with Crippen molar-refractivity contribution in [1.82, 2.24) is 9.97 Å². The number of aromatic nitrogens is 2. The summed E-state index contributed by atoms with van der Waals surface area (Å²) in [7, 11) is 0. The van der Waals surface area contributed by atoms with Gasteiger partial charge in [0.15, 0.2) is 6.61 Å². The fourth-order valence-electron chi connectivity index (χ4n) is 2.34. The minimum Gasteiger partial charge on any atom is -0.452 e. The van der Waals surface area contributed by atoms with Gasteiger partial charge in [0.25, 0.3) is 5.91 Å². The standard InChI is InChI=1S/C19H16N4O4/c1-12(24)22-14-3-5-15(6-4-14)23-18(25)11-27-19(26)13-2-7-16-17(10-13)21-9-8-20-16/h2-10H,11H2,1H3,(H,22,24)(H,23,25). The molecule has 27 heavy (non-hydrogen) atoms. The Kier molecular flexibility index (Phi) is 5.36. The molecule has 1 aromatic heterocycles. The number of nitrogens with zero attached hydrogens (tertiary/aromatic N) is 2. The number of ether oxygens (including phenoxy) is 1. The third-order valence-electron chi connectivity index (χ3n) is 3.53. The van der Waals surface area contributed by atoms with Crippen LogP contribution in [0, 0.1) is 0 Å². The average Bonchev–Trinajstić information content (AvgIpc) is 2.67. The lowest BCUT2D eigenvalue weighted by Crippen LogP contribution is -2.21. The van der Waals surface area contributed by atoms with Crippen molar-refractivity contribution >= 4 is 40.2 Å². The number of carbonyl (C=O) groups is 3. The Bertz CT molecular complexity index is 1000. The van der Waals surface area contributed by atoms with Crippen molar-refractivity contribution in [2.45, 2.75) is 6.92 Å². The second kappa shape index (κ2) is 8.05. The normalized spacial score (nSPS) is 10.3. The highest BCUT2D eigenvalue weighted by Crippen LogP contribution is 2.14. The van der Waals surface area contributed by atoms with Crippen molar-refractivity contribution in [3.8, 4) is 0 Å². The van der Waals surface area contributed by atoms with Crippen molar-refractivity contribution in [2.24, 2.45) is 0 Å². The van der Waals surface area contributed by atoms with Gasteiger partial charge in [-0.05, 0) is 42.5 Å². The van der Waals surface area contributed by atoms with E-state index in [2.05, 4.69) is 20.6 Å². The van der Waals surface area contributed by atoms with Crippen LogP contribution in [0.1, 0.15) is 17.3 Å². The number of nitrogens with one attached hydrogen (secondary N) is 2.